The van der Waals surface area contributed by atoms with Crippen LogP contribution in [0.25, 0.3) is 66.3 Å². The normalized spacial score (nSPS) is 25.9. The standard InChI is InChI=1S/C87H68N8O7S/c1-40-17-24-50-67-51(29-22-47(37-100-2)61(40)67)75-74(50)92-84-66(42-13-8-5-9-14-42)85-87(95-79-57-32-31-49(59-39-102-59)64-46(36-99)21-28-56(70(57)64)78(79)93-85)71(86(84)94-75)60(103)16-10-15-58-80-82(90-76-53-26-19-44(34-97)62-43(33-96)18-25-52(68(53)62)72(76)88-80)65(41-11-6-4-7-12-41)83-81(58)89-73-54-27-20-45(35-98)63-48(38-101-3)23-30-55(69(54)63)77(73)91-83/h4-35,53,59,68,72,76,78-79,81,83,86,88-91,93-95,99,103H,36-39H2,1-3H3/p+1. The summed E-state index contributed by atoms with van der Waals surface area (Å²) in [6.07, 6.45) is 17.3. The number of aliphatic hydroxyl groups excluding tert-OH is 1. The highest BCUT2D eigenvalue weighted by Gasteiger charge is 2.56. The van der Waals surface area contributed by atoms with Gasteiger partial charge < -0.3 is 56.5 Å². The number of hydrogen-bond donors (Lipinski definition) is 9. The number of nitrogens with one attached hydrogen (secondary N) is 6. The monoisotopic (exact) mass is 1370 g/mol. The number of fused-ring (bicyclic) bond motifs is 14. The molecular formula is C87H69N8O7S+. The van der Waals surface area contributed by atoms with Crippen molar-refractivity contribution >= 4 is 103 Å². The quantitative estimate of drug-likeness (QED) is 0.0216. The summed E-state index contributed by atoms with van der Waals surface area (Å²) in [5, 5.41) is 45.4. The lowest BCUT2D eigenvalue weighted by Crippen LogP contribution is -2.88. The average molecular weight is 1370 g/mol. The lowest BCUT2D eigenvalue weighted by Gasteiger charge is -2.47. The molecule has 1 saturated carbocycles. The van der Waals surface area contributed by atoms with Crippen molar-refractivity contribution in [3.63, 3.8) is 0 Å². The van der Waals surface area contributed by atoms with Gasteiger partial charge in [-0.05, 0) is 90.2 Å². The van der Waals surface area contributed by atoms with E-state index in [4.69, 9.17) is 31.8 Å². The predicted molar refractivity (Wildman–Crippen MR) is 403 cm³/mol. The fraction of sp³-hybridized carbons (Fsp3) is 0.195. The minimum absolute atomic E-state index is 0.0162. The number of methoxy groups -OCH3 is 2. The van der Waals surface area contributed by atoms with Crippen LogP contribution in [0.15, 0.2) is 242 Å². The molecule has 5 aliphatic heterocycles. The fourth-order valence-electron chi connectivity index (χ4n) is 19.8. The summed E-state index contributed by atoms with van der Waals surface area (Å²) >= 11 is 5.80. The second kappa shape index (κ2) is 22.8. The predicted octanol–water partition coefficient (Wildman–Crippen LogP) is 11.4. The summed E-state index contributed by atoms with van der Waals surface area (Å²) in [7, 11) is 3.44. The van der Waals surface area contributed by atoms with Crippen LogP contribution in [0.1, 0.15) is 101 Å². The van der Waals surface area contributed by atoms with Gasteiger partial charge >= 0.3 is 0 Å². The van der Waals surface area contributed by atoms with Gasteiger partial charge in [-0.15, -0.1) is 12.6 Å². The number of aliphatic hydroxyl groups is 1. The van der Waals surface area contributed by atoms with Gasteiger partial charge in [-0.2, -0.15) is 0 Å². The maximum Gasteiger partial charge on any atom is 0.161 e. The molecule has 10 unspecified atom stereocenters. The summed E-state index contributed by atoms with van der Waals surface area (Å²) < 4.78 is 17.6. The number of benzene rings is 8. The minimum Gasteiger partial charge on any atom is -0.392 e. The molecule has 8 aromatic rings. The molecule has 0 bridgehead atoms. The van der Waals surface area contributed by atoms with Crippen molar-refractivity contribution in [3.05, 3.63) is 315 Å². The van der Waals surface area contributed by atoms with E-state index in [1.54, 1.807) is 14.2 Å². The molecule has 0 aromatic heterocycles. The first-order valence-electron chi connectivity index (χ1n) is 35.5. The fourth-order valence-corrected chi connectivity index (χ4v) is 20.2. The Labute approximate surface area is 598 Å². The summed E-state index contributed by atoms with van der Waals surface area (Å²) in [6, 6.07) is 45.3. The number of ether oxygens (including phenoxy) is 3. The molecule has 3 saturated heterocycles. The number of epoxide rings is 1. The maximum atomic E-state index is 13.0. The molecule has 21 rings (SSSR count). The van der Waals surface area contributed by atoms with Crippen molar-refractivity contribution in [1.82, 2.24) is 31.9 Å². The van der Waals surface area contributed by atoms with E-state index in [0.29, 0.717) is 36.5 Å². The second-order valence-electron chi connectivity index (χ2n) is 29.0. The molecule has 16 heteroatoms. The second-order valence-corrected chi connectivity index (χ2v) is 29.5. The van der Waals surface area contributed by atoms with Crippen molar-refractivity contribution < 1.29 is 39.0 Å². The molecular weight excluding hydrogens is 1300 g/mol. The van der Waals surface area contributed by atoms with E-state index in [9.17, 15) is 19.5 Å². The van der Waals surface area contributed by atoms with E-state index in [1.165, 1.54) is 27.5 Å². The largest absolute Gasteiger partial charge is 0.392 e. The molecule has 4 fully saturated rings. The van der Waals surface area contributed by atoms with Crippen molar-refractivity contribution in [2.24, 2.45) is 16.8 Å². The molecule has 10 atom stereocenters. The SMILES string of the molecule is COCc1ccc2c3c(ccc(C)c13)C1=C2NC2C(=N1)C(c1ccccc1)=C1NC3c4ccc(CO)c5c(C6CO6)ccc(c45)C3[NH2+]C1=C2C(S)=CC=CC1=C2NC3C4=CC=C(C=O)C5=C(C=O)C=CC(C45)C3NC2=C(c2ccccc2)C2NC3=C(NC12)c1ccc(C=O)c2c(COC)ccc3c12. The number of carbonyl (C=O) groups excluding carboxylic acids is 3. The lowest BCUT2D eigenvalue weighted by molar-refractivity contribution is -0.658. The van der Waals surface area contributed by atoms with Gasteiger partial charge in [0.1, 0.15) is 42.5 Å². The van der Waals surface area contributed by atoms with Crippen molar-refractivity contribution in [2.45, 2.75) is 75.1 Å². The Kier molecular flexibility index (Phi) is 13.4. The molecule has 13 aliphatic rings. The van der Waals surface area contributed by atoms with E-state index in [1.807, 2.05) is 18.2 Å². The minimum atomic E-state index is -0.491. The Morgan fingerprint density at radius 2 is 1.30 bits per heavy atom. The van der Waals surface area contributed by atoms with Crippen LogP contribution < -0.4 is 37.2 Å². The Balaban J connectivity index is 0.771. The number of aldehydes is 3. The van der Waals surface area contributed by atoms with Crippen LogP contribution in [0.2, 0.25) is 0 Å². The summed E-state index contributed by atoms with van der Waals surface area (Å²) in [6.45, 7) is 3.56. The van der Waals surface area contributed by atoms with Gasteiger partial charge in [0.25, 0.3) is 0 Å². The van der Waals surface area contributed by atoms with Crippen LogP contribution in [0.5, 0.6) is 0 Å². The van der Waals surface area contributed by atoms with Gasteiger partial charge in [0.05, 0.1) is 96.1 Å². The third-order valence-corrected chi connectivity index (χ3v) is 24.4. The first-order valence-corrected chi connectivity index (χ1v) is 35.9. The number of piperazine rings is 2. The highest BCUT2D eigenvalue weighted by molar-refractivity contribution is 7.84. The van der Waals surface area contributed by atoms with Crippen molar-refractivity contribution in [1.29, 1.82) is 0 Å². The highest BCUT2D eigenvalue weighted by atomic mass is 32.1. The van der Waals surface area contributed by atoms with Gasteiger partial charge in [0.2, 0.25) is 0 Å². The number of nitrogens with two attached hydrogens (primary N) is 1. The molecule has 5 heterocycles. The molecule has 0 amide bonds. The lowest BCUT2D eigenvalue weighted by atomic mass is 9.74. The number of allylic oxidation sites excluding steroid dienone is 8. The third kappa shape index (κ3) is 8.47. The summed E-state index contributed by atoms with van der Waals surface area (Å²) in [5.74, 6) is -0.292. The van der Waals surface area contributed by atoms with Crippen LogP contribution in [-0.2, 0) is 43.6 Å². The number of thiol groups is 1. The first kappa shape index (κ1) is 60.8. The molecule has 8 aromatic carbocycles. The summed E-state index contributed by atoms with van der Waals surface area (Å²) in [4.78, 5) is 45.5. The van der Waals surface area contributed by atoms with Crippen molar-refractivity contribution in [3.8, 4) is 0 Å². The Hall–Kier alpha value is -11.0. The van der Waals surface area contributed by atoms with Crippen LogP contribution in [0.4, 0.5) is 0 Å². The van der Waals surface area contributed by atoms with Gasteiger partial charge in [-0.1, -0.05) is 170 Å². The number of aliphatic imine (C=N–C) groups is 1. The van der Waals surface area contributed by atoms with E-state index in [0.717, 1.165) is 186 Å². The number of aryl methyl sites for hydroxylation is 1. The zero-order chi connectivity index (χ0) is 68.9. The number of nitrogens with zero attached hydrogens (tertiary/aromatic N) is 1. The van der Waals surface area contributed by atoms with E-state index >= 15 is 0 Å². The highest BCUT2D eigenvalue weighted by Crippen LogP contribution is 2.57. The number of rotatable bonds is 14. The summed E-state index contributed by atoms with van der Waals surface area (Å²) in [5.41, 5.74) is 29.9. The van der Waals surface area contributed by atoms with Crippen LogP contribution in [0.3, 0.4) is 0 Å². The first-order chi connectivity index (χ1) is 50.7. The average Bonchev–Trinajstić information content (AvgIpc) is 1.59. The number of quaternary nitrogens is 1. The van der Waals surface area contributed by atoms with Gasteiger partial charge in [-0.25, -0.2) is 4.99 Å². The van der Waals surface area contributed by atoms with Crippen LogP contribution >= 0.6 is 12.6 Å². The number of hydrogen-bond acceptors (Lipinski definition) is 15. The van der Waals surface area contributed by atoms with E-state index in [-0.39, 0.29) is 54.8 Å². The molecule has 15 nitrogen and oxygen atoms in total. The van der Waals surface area contributed by atoms with E-state index in [2.05, 4.69) is 202 Å². The molecule has 504 valence electrons. The smallest absolute Gasteiger partial charge is 0.161 e. The topological polar surface area (TPSA) is 204 Å². The van der Waals surface area contributed by atoms with E-state index < -0.39 is 12.1 Å². The van der Waals surface area contributed by atoms with Crippen LogP contribution in [-0.4, -0.2) is 80.7 Å². The number of carbonyl (C=O) groups is 3. The van der Waals surface area contributed by atoms with Gasteiger partial charge in [0, 0.05) is 103 Å². The van der Waals surface area contributed by atoms with Gasteiger partial charge in [0.15, 0.2) is 12.0 Å². The molecule has 9 N–H and O–H groups in total. The zero-order valence-corrected chi connectivity index (χ0v) is 57.3. The Morgan fingerprint density at radius 1 is 0.621 bits per heavy atom. The van der Waals surface area contributed by atoms with Crippen molar-refractivity contribution in [2.75, 3.05) is 20.8 Å². The molecule has 0 spiro atoms. The zero-order valence-electron chi connectivity index (χ0n) is 56.4. The maximum absolute atomic E-state index is 13.0. The Morgan fingerprint density at radius 3 is 2.04 bits per heavy atom. The molecule has 0 radical (unpaired) electrons. The third-order valence-electron chi connectivity index (χ3n) is 24.0. The Bertz CT molecular complexity index is 5780. The van der Waals surface area contributed by atoms with Gasteiger partial charge in [-0.3, -0.25) is 14.4 Å². The van der Waals surface area contributed by atoms with Crippen LogP contribution in [0, 0.1) is 18.8 Å². The molecule has 103 heavy (non-hydrogen) atoms. The molecule has 8 aliphatic carbocycles.